The van der Waals surface area contributed by atoms with Gasteiger partial charge in [0.1, 0.15) is 5.75 Å². The van der Waals surface area contributed by atoms with E-state index in [2.05, 4.69) is 10.3 Å². The van der Waals surface area contributed by atoms with Gasteiger partial charge in [0.2, 0.25) is 0 Å². The van der Waals surface area contributed by atoms with Crippen LogP contribution in [0.1, 0.15) is 10.4 Å². The monoisotopic (exact) mass is 229 g/mol. The van der Waals surface area contributed by atoms with Gasteiger partial charge in [0.25, 0.3) is 5.91 Å². The Kier molecular flexibility index (Phi) is 2.91. The summed E-state index contributed by atoms with van der Waals surface area (Å²) in [5.41, 5.74) is 6.63. The number of aromatic hydroxyl groups is 1. The summed E-state index contributed by atoms with van der Waals surface area (Å²) in [7, 11) is 0. The Morgan fingerprint density at radius 2 is 2.06 bits per heavy atom. The van der Waals surface area contributed by atoms with Crippen molar-refractivity contribution >= 4 is 17.3 Å². The normalized spacial score (nSPS) is 9.88. The lowest BCUT2D eigenvalue weighted by atomic mass is 10.2. The Morgan fingerprint density at radius 3 is 2.76 bits per heavy atom. The van der Waals surface area contributed by atoms with Gasteiger partial charge in [-0.25, -0.2) is 0 Å². The second-order valence-corrected chi connectivity index (χ2v) is 3.48. The maximum absolute atomic E-state index is 11.8. The molecule has 0 spiro atoms. The number of carbonyl (C=O) groups excluding carboxylic acids is 1. The lowest BCUT2D eigenvalue weighted by Gasteiger charge is -2.06. The molecule has 1 aromatic heterocycles. The molecule has 0 aliphatic rings. The number of anilines is 2. The number of nitrogens with two attached hydrogens (primary N) is 1. The summed E-state index contributed by atoms with van der Waals surface area (Å²) in [6, 6.07) is 8.00. The molecule has 0 fully saturated rings. The number of rotatable bonds is 2. The molecule has 4 N–H and O–H groups in total. The van der Waals surface area contributed by atoms with Crippen molar-refractivity contribution in [2.24, 2.45) is 0 Å². The molecule has 1 aromatic carbocycles. The van der Waals surface area contributed by atoms with Gasteiger partial charge >= 0.3 is 0 Å². The molecule has 2 aromatic rings. The van der Waals surface area contributed by atoms with Gasteiger partial charge in [-0.1, -0.05) is 12.1 Å². The molecule has 17 heavy (non-hydrogen) atoms. The molecule has 0 atom stereocenters. The SMILES string of the molecule is Nc1cncc(C(=O)Nc2ccccc2O)c1. The van der Waals surface area contributed by atoms with E-state index in [4.69, 9.17) is 5.73 Å². The quantitative estimate of drug-likeness (QED) is 0.683. The van der Waals surface area contributed by atoms with Crippen LogP contribution >= 0.6 is 0 Å². The highest BCUT2D eigenvalue weighted by Gasteiger charge is 2.08. The minimum Gasteiger partial charge on any atom is -0.506 e. The van der Waals surface area contributed by atoms with Gasteiger partial charge in [-0.05, 0) is 18.2 Å². The van der Waals surface area contributed by atoms with E-state index >= 15 is 0 Å². The molecule has 0 radical (unpaired) electrons. The van der Waals surface area contributed by atoms with Crippen LogP contribution in [0.3, 0.4) is 0 Å². The first-order valence-corrected chi connectivity index (χ1v) is 4.96. The van der Waals surface area contributed by atoms with Gasteiger partial charge in [0, 0.05) is 12.4 Å². The molecule has 0 aliphatic heterocycles. The fraction of sp³-hybridized carbons (Fsp3) is 0. The third-order valence-corrected chi connectivity index (χ3v) is 2.17. The molecule has 0 saturated heterocycles. The van der Waals surface area contributed by atoms with Crippen molar-refractivity contribution in [1.82, 2.24) is 4.98 Å². The summed E-state index contributed by atoms with van der Waals surface area (Å²) in [6.07, 6.45) is 2.86. The van der Waals surface area contributed by atoms with Crippen LogP contribution in [0.4, 0.5) is 11.4 Å². The average molecular weight is 229 g/mol. The van der Waals surface area contributed by atoms with Gasteiger partial charge in [-0.2, -0.15) is 0 Å². The first-order chi connectivity index (χ1) is 8.16. The number of phenolic OH excluding ortho intramolecular Hbond substituents is 1. The molecule has 0 saturated carbocycles. The number of hydrogen-bond donors (Lipinski definition) is 3. The van der Waals surface area contributed by atoms with Crippen LogP contribution in [0.2, 0.25) is 0 Å². The Morgan fingerprint density at radius 1 is 1.29 bits per heavy atom. The second kappa shape index (κ2) is 4.52. The van der Waals surface area contributed by atoms with Crippen LogP contribution in [-0.4, -0.2) is 16.0 Å². The molecule has 2 rings (SSSR count). The average Bonchev–Trinajstić information content (AvgIpc) is 2.32. The number of amides is 1. The van der Waals surface area contributed by atoms with Crippen molar-refractivity contribution in [1.29, 1.82) is 0 Å². The number of nitrogen functional groups attached to an aromatic ring is 1. The number of hydrogen-bond acceptors (Lipinski definition) is 4. The molecule has 0 bridgehead atoms. The topological polar surface area (TPSA) is 88.2 Å². The number of benzene rings is 1. The van der Waals surface area contributed by atoms with Gasteiger partial charge in [0.15, 0.2) is 0 Å². The van der Waals surface area contributed by atoms with Crippen LogP contribution in [0.5, 0.6) is 5.75 Å². The van der Waals surface area contributed by atoms with Crippen LogP contribution < -0.4 is 11.1 Å². The third kappa shape index (κ3) is 2.52. The smallest absolute Gasteiger partial charge is 0.257 e. The minimum absolute atomic E-state index is 0.0118. The molecular formula is C12H11N3O2. The first kappa shape index (κ1) is 10.9. The highest BCUT2D eigenvalue weighted by atomic mass is 16.3. The fourth-order valence-corrected chi connectivity index (χ4v) is 1.36. The number of para-hydroxylation sites is 2. The lowest BCUT2D eigenvalue weighted by Crippen LogP contribution is -2.12. The molecule has 5 nitrogen and oxygen atoms in total. The molecule has 1 amide bonds. The van der Waals surface area contributed by atoms with E-state index in [9.17, 15) is 9.90 Å². The molecular weight excluding hydrogens is 218 g/mol. The molecule has 86 valence electrons. The number of nitrogens with zero attached hydrogens (tertiary/aromatic N) is 1. The summed E-state index contributed by atoms with van der Waals surface area (Å²) in [5, 5.41) is 12.1. The van der Waals surface area contributed by atoms with E-state index in [0.29, 0.717) is 16.9 Å². The predicted octanol–water partition coefficient (Wildman–Crippen LogP) is 1.62. The van der Waals surface area contributed by atoms with Gasteiger partial charge in [-0.15, -0.1) is 0 Å². The second-order valence-electron chi connectivity index (χ2n) is 3.48. The number of pyridine rings is 1. The van der Waals surface area contributed by atoms with E-state index in [1.807, 2.05) is 0 Å². The summed E-state index contributed by atoms with van der Waals surface area (Å²) in [4.78, 5) is 15.6. The molecule has 1 heterocycles. The zero-order chi connectivity index (χ0) is 12.3. The number of carbonyl (C=O) groups is 1. The Hall–Kier alpha value is -2.56. The fourth-order valence-electron chi connectivity index (χ4n) is 1.36. The van der Waals surface area contributed by atoms with Crippen molar-refractivity contribution in [3.63, 3.8) is 0 Å². The Labute approximate surface area is 97.9 Å². The lowest BCUT2D eigenvalue weighted by molar-refractivity contribution is 0.102. The largest absolute Gasteiger partial charge is 0.506 e. The van der Waals surface area contributed by atoms with Gasteiger partial charge < -0.3 is 16.2 Å². The van der Waals surface area contributed by atoms with E-state index in [1.165, 1.54) is 24.5 Å². The van der Waals surface area contributed by atoms with E-state index in [0.717, 1.165) is 0 Å². The van der Waals surface area contributed by atoms with Crippen LogP contribution in [-0.2, 0) is 0 Å². The molecule has 0 unspecified atom stereocenters. The standard InChI is InChI=1S/C12H11N3O2/c13-9-5-8(6-14-7-9)12(17)15-10-3-1-2-4-11(10)16/h1-7,16H,13H2,(H,15,17). The van der Waals surface area contributed by atoms with Crippen molar-refractivity contribution in [3.05, 3.63) is 48.3 Å². The van der Waals surface area contributed by atoms with E-state index in [-0.39, 0.29) is 11.7 Å². The summed E-state index contributed by atoms with van der Waals surface area (Å²) in [6.45, 7) is 0. The van der Waals surface area contributed by atoms with Crippen LogP contribution in [0.25, 0.3) is 0 Å². The highest BCUT2D eigenvalue weighted by Crippen LogP contribution is 2.22. The van der Waals surface area contributed by atoms with Crippen molar-refractivity contribution < 1.29 is 9.90 Å². The van der Waals surface area contributed by atoms with Crippen LogP contribution in [0.15, 0.2) is 42.7 Å². The predicted molar refractivity (Wildman–Crippen MR) is 64.7 cm³/mol. The highest BCUT2D eigenvalue weighted by molar-refractivity contribution is 6.05. The number of aromatic nitrogens is 1. The van der Waals surface area contributed by atoms with Crippen molar-refractivity contribution in [2.45, 2.75) is 0 Å². The van der Waals surface area contributed by atoms with Crippen molar-refractivity contribution in [3.8, 4) is 5.75 Å². The first-order valence-electron chi connectivity index (χ1n) is 4.96. The summed E-state index contributed by atoms with van der Waals surface area (Å²) in [5.74, 6) is -0.357. The zero-order valence-electron chi connectivity index (χ0n) is 8.92. The maximum atomic E-state index is 11.8. The minimum atomic E-state index is -0.369. The van der Waals surface area contributed by atoms with E-state index in [1.54, 1.807) is 18.2 Å². The Balaban J connectivity index is 2.20. The Bertz CT molecular complexity index is 555. The number of phenols is 1. The summed E-state index contributed by atoms with van der Waals surface area (Å²) >= 11 is 0. The number of nitrogens with one attached hydrogen (secondary N) is 1. The van der Waals surface area contributed by atoms with Crippen LogP contribution in [0, 0.1) is 0 Å². The third-order valence-electron chi connectivity index (χ3n) is 2.17. The van der Waals surface area contributed by atoms with Crippen molar-refractivity contribution in [2.75, 3.05) is 11.1 Å². The molecule has 0 aliphatic carbocycles. The van der Waals surface area contributed by atoms with Gasteiger partial charge in [-0.3, -0.25) is 9.78 Å². The maximum Gasteiger partial charge on any atom is 0.257 e. The molecule has 5 heteroatoms. The van der Waals surface area contributed by atoms with Gasteiger partial charge in [0.05, 0.1) is 16.9 Å². The zero-order valence-corrected chi connectivity index (χ0v) is 8.92. The summed E-state index contributed by atoms with van der Waals surface area (Å²) < 4.78 is 0. The van der Waals surface area contributed by atoms with E-state index < -0.39 is 0 Å².